The molecule has 2 aliphatic heterocycles. The lowest BCUT2D eigenvalue weighted by atomic mass is 10.00. The van der Waals surface area contributed by atoms with Gasteiger partial charge in [-0.2, -0.15) is 0 Å². The largest absolute Gasteiger partial charge is 0.336 e. The van der Waals surface area contributed by atoms with Crippen molar-refractivity contribution in [1.29, 1.82) is 0 Å². The fourth-order valence-electron chi connectivity index (χ4n) is 3.33. The van der Waals surface area contributed by atoms with Gasteiger partial charge in [-0.1, -0.05) is 53.5 Å². The van der Waals surface area contributed by atoms with Crippen molar-refractivity contribution >= 4 is 58.1 Å². The van der Waals surface area contributed by atoms with E-state index in [2.05, 4.69) is 6.07 Å². The number of nitrogens with zero attached hydrogens (tertiary/aromatic N) is 2. The lowest BCUT2D eigenvalue weighted by molar-refractivity contribution is -0.136. The van der Waals surface area contributed by atoms with Gasteiger partial charge in [-0.3, -0.25) is 19.3 Å². The van der Waals surface area contributed by atoms with Gasteiger partial charge < -0.3 is 4.90 Å². The van der Waals surface area contributed by atoms with Gasteiger partial charge in [0, 0.05) is 13.1 Å². The molecule has 0 spiro atoms. The lowest BCUT2D eigenvalue weighted by Crippen LogP contribution is -2.44. The number of thioether (sulfide) groups is 1. The van der Waals surface area contributed by atoms with Crippen LogP contribution in [0.25, 0.3) is 6.08 Å². The first kappa shape index (κ1) is 20.0. The molecule has 2 heterocycles. The van der Waals surface area contributed by atoms with Crippen molar-refractivity contribution in [1.82, 2.24) is 9.80 Å². The number of amides is 3. The highest BCUT2D eigenvalue weighted by atomic mass is 35.5. The van der Waals surface area contributed by atoms with Crippen LogP contribution in [0.5, 0.6) is 0 Å². The van der Waals surface area contributed by atoms with Crippen LogP contribution in [0.2, 0.25) is 10.0 Å². The molecule has 4 rings (SSSR count). The topological polar surface area (TPSA) is 57.7 Å². The Kier molecular flexibility index (Phi) is 5.67. The predicted octanol–water partition coefficient (Wildman–Crippen LogP) is 4.61. The molecular weight excluding hydrogens is 431 g/mol. The van der Waals surface area contributed by atoms with Crippen molar-refractivity contribution < 1.29 is 14.4 Å². The second-order valence-electron chi connectivity index (χ2n) is 6.78. The van der Waals surface area contributed by atoms with Gasteiger partial charge in [0.15, 0.2) is 0 Å². The van der Waals surface area contributed by atoms with Crippen LogP contribution >= 0.6 is 35.0 Å². The third kappa shape index (κ3) is 4.20. The third-order valence-electron chi connectivity index (χ3n) is 4.89. The summed E-state index contributed by atoms with van der Waals surface area (Å²) < 4.78 is 0. The maximum absolute atomic E-state index is 12.7. The van der Waals surface area contributed by atoms with Crippen molar-refractivity contribution in [2.24, 2.45) is 0 Å². The zero-order chi connectivity index (χ0) is 20.5. The molecule has 29 heavy (non-hydrogen) atoms. The average Bonchev–Trinajstić information content (AvgIpc) is 2.97. The van der Waals surface area contributed by atoms with Gasteiger partial charge in [0.25, 0.3) is 11.1 Å². The number of benzene rings is 2. The van der Waals surface area contributed by atoms with E-state index in [1.54, 1.807) is 29.2 Å². The summed E-state index contributed by atoms with van der Waals surface area (Å²) in [5.41, 5.74) is 2.98. The van der Waals surface area contributed by atoms with Gasteiger partial charge in [0.2, 0.25) is 5.91 Å². The molecule has 2 aliphatic rings. The van der Waals surface area contributed by atoms with Gasteiger partial charge in [0.1, 0.15) is 6.54 Å². The lowest BCUT2D eigenvalue weighted by Gasteiger charge is -2.29. The van der Waals surface area contributed by atoms with Gasteiger partial charge in [-0.15, -0.1) is 0 Å². The van der Waals surface area contributed by atoms with Gasteiger partial charge in [-0.25, -0.2) is 0 Å². The summed E-state index contributed by atoms with van der Waals surface area (Å²) in [4.78, 5) is 40.7. The van der Waals surface area contributed by atoms with Gasteiger partial charge in [0.05, 0.1) is 15.0 Å². The molecule has 0 radical (unpaired) electrons. The van der Waals surface area contributed by atoms with E-state index in [0.29, 0.717) is 28.7 Å². The smallest absolute Gasteiger partial charge is 0.294 e. The van der Waals surface area contributed by atoms with E-state index in [1.165, 1.54) is 5.56 Å². The molecule has 1 fully saturated rings. The first-order valence-electron chi connectivity index (χ1n) is 8.97. The van der Waals surface area contributed by atoms with Crippen molar-refractivity contribution in [3.05, 3.63) is 74.1 Å². The minimum Gasteiger partial charge on any atom is -0.336 e. The molecule has 0 aliphatic carbocycles. The van der Waals surface area contributed by atoms with Crippen molar-refractivity contribution in [2.75, 3.05) is 13.1 Å². The van der Waals surface area contributed by atoms with Crippen LogP contribution in [0.4, 0.5) is 4.79 Å². The predicted molar refractivity (Wildman–Crippen MR) is 115 cm³/mol. The molecule has 1 saturated heterocycles. The summed E-state index contributed by atoms with van der Waals surface area (Å²) in [5, 5.41) is 0.317. The fourth-order valence-corrected chi connectivity index (χ4v) is 4.48. The maximum Gasteiger partial charge on any atom is 0.294 e. The number of carbonyl (C=O) groups excluding carboxylic acids is 3. The molecule has 2 aromatic rings. The molecule has 0 N–H and O–H groups in total. The van der Waals surface area contributed by atoms with Crippen molar-refractivity contribution in [3.8, 4) is 0 Å². The molecule has 0 saturated carbocycles. The van der Waals surface area contributed by atoms with Gasteiger partial charge in [-0.05, 0) is 53.1 Å². The van der Waals surface area contributed by atoms with E-state index in [-0.39, 0.29) is 17.4 Å². The number of hydrogen-bond acceptors (Lipinski definition) is 4. The monoisotopic (exact) mass is 446 g/mol. The minimum absolute atomic E-state index is 0.238. The highest BCUT2D eigenvalue weighted by Gasteiger charge is 2.37. The molecule has 0 unspecified atom stereocenters. The Hall–Kier alpha value is -2.28. The fraction of sp³-hybridized carbons (Fsp3) is 0.190. The summed E-state index contributed by atoms with van der Waals surface area (Å²) in [7, 11) is 0. The Labute approximate surface area is 182 Å². The van der Waals surface area contributed by atoms with Crippen LogP contribution in [0.3, 0.4) is 0 Å². The standard InChI is InChI=1S/C21H16Cl2N2O3S/c22-16-6-5-13(9-17(16)23)10-18-20(27)25(21(28)29-18)12-19(26)24-8-7-14-3-1-2-4-15(14)11-24/h1-6,9-10H,7-8,11-12H2. The minimum atomic E-state index is -0.475. The summed E-state index contributed by atoms with van der Waals surface area (Å²) >= 11 is 12.7. The zero-order valence-electron chi connectivity index (χ0n) is 15.2. The molecule has 148 valence electrons. The van der Waals surface area contributed by atoms with E-state index in [0.717, 1.165) is 28.6 Å². The van der Waals surface area contributed by atoms with E-state index in [9.17, 15) is 14.4 Å². The Morgan fingerprint density at radius 3 is 2.59 bits per heavy atom. The zero-order valence-corrected chi connectivity index (χ0v) is 17.6. The van der Waals surface area contributed by atoms with E-state index >= 15 is 0 Å². The number of imide groups is 1. The van der Waals surface area contributed by atoms with Crippen LogP contribution < -0.4 is 0 Å². The summed E-state index contributed by atoms with van der Waals surface area (Å²) in [5.74, 6) is -0.713. The normalized spacial score (nSPS) is 17.8. The SMILES string of the molecule is O=C(CN1C(=O)SC(=Cc2ccc(Cl)c(Cl)c2)C1=O)N1CCc2ccccc2C1. The molecule has 0 aromatic heterocycles. The molecule has 8 heteroatoms. The van der Waals surface area contributed by atoms with Crippen LogP contribution in [-0.4, -0.2) is 39.9 Å². The molecule has 0 bridgehead atoms. The Morgan fingerprint density at radius 1 is 1.07 bits per heavy atom. The number of rotatable bonds is 3. The van der Waals surface area contributed by atoms with Crippen LogP contribution in [0, 0.1) is 0 Å². The number of fused-ring (bicyclic) bond motifs is 1. The van der Waals surface area contributed by atoms with E-state index < -0.39 is 11.1 Å². The van der Waals surface area contributed by atoms with E-state index in [1.807, 2.05) is 18.2 Å². The summed E-state index contributed by atoms with van der Waals surface area (Å²) in [6.45, 7) is 0.807. The Bertz CT molecular complexity index is 1050. The van der Waals surface area contributed by atoms with Crippen molar-refractivity contribution in [2.45, 2.75) is 13.0 Å². The maximum atomic E-state index is 12.7. The first-order valence-corrected chi connectivity index (χ1v) is 10.5. The molecular formula is C21H16Cl2N2O3S. The highest BCUT2D eigenvalue weighted by molar-refractivity contribution is 8.18. The van der Waals surface area contributed by atoms with Crippen LogP contribution in [-0.2, 0) is 22.6 Å². The molecule has 0 atom stereocenters. The average molecular weight is 447 g/mol. The second-order valence-corrected chi connectivity index (χ2v) is 8.58. The summed E-state index contributed by atoms with van der Waals surface area (Å²) in [6, 6.07) is 12.9. The molecule has 5 nitrogen and oxygen atoms in total. The quantitative estimate of drug-likeness (QED) is 0.645. The Balaban J connectivity index is 1.46. The Morgan fingerprint density at radius 2 is 1.83 bits per heavy atom. The van der Waals surface area contributed by atoms with E-state index in [4.69, 9.17) is 23.2 Å². The van der Waals surface area contributed by atoms with Crippen LogP contribution in [0.15, 0.2) is 47.4 Å². The number of halogens is 2. The molecule has 3 amide bonds. The van der Waals surface area contributed by atoms with Gasteiger partial charge >= 0.3 is 0 Å². The molecule has 2 aromatic carbocycles. The second kappa shape index (κ2) is 8.22. The van der Waals surface area contributed by atoms with Crippen LogP contribution in [0.1, 0.15) is 16.7 Å². The number of hydrogen-bond donors (Lipinski definition) is 0. The third-order valence-corrected chi connectivity index (χ3v) is 6.54. The summed E-state index contributed by atoms with van der Waals surface area (Å²) in [6.07, 6.45) is 2.34. The van der Waals surface area contributed by atoms with Crippen molar-refractivity contribution in [3.63, 3.8) is 0 Å². The number of carbonyl (C=O) groups is 3. The highest BCUT2D eigenvalue weighted by Crippen LogP contribution is 2.33. The first-order chi connectivity index (χ1) is 13.9.